The number of rotatable bonds is 5. The molecule has 0 saturated heterocycles. The van der Waals surface area contributed by atoms with Crippen molar-refractivity contribution in [1.29, 1.82) is 0 Å². The lowest BCUT2D eigenvalue weighted by Crippen LogP contribution is -2.09. The van der Waals surface area contributed by atoms with Crippen molar-refractivity contribution in [1.82, 2.24) is 0 Å². The number of ether oxygens (including phenoxy) is 2. The molecule has 2 bridgehead atoms. The Balaban J connectivity index is 2.01. The van der Waals surface area contributed by atoms with Crippen molar-refractivity contribution in [3.8, 4) is 17.2 Å². The van der Waals surface area contributed by atoms with E-state index in [-0.39, 0.29) is 0 Å². The molecule has 24 heavy (non-hydrogen) atoms. The third kappa shape index (κ3) is 3.50. The standard InChI is InChI=1S/C21H26O3/c1-3-23-17-11-9-15(10-12-17)18-8-6-5-7-16-13-19(18)21(24-4-2)14-20(16)22/h9-14,18,22H,3-8H2,1-2H3. The summed E-state index contributed by atoms with van der Waals surface area (Å²) in [6, 6.07) is 12.3. The van der Waals surface area contributed by atoms with Gasteiger partial charge in [0.2, 0.25) is 0 Å². The lowest BCUT2D eigenvalue weighted by atomic mass is 9.82. The van der Waals surface area contributed by atoms with Gasteiger partial charge >= 0.3 is 0 Å². The first-order valence-electron chi connectivity index (χ1n) is 8.94. The molecule has 0 aromatic heterocycles. The van der Waals surface area contributed by atoms with E-state index in [1.54, 1.807) is 6.07 Å². The van der Waals surface area contributed by atoms with Crippen LogP contribution >= 0.6 is 0 Å². The van der Waals surface area contributed by atoms with Crippen molar-refractivity contribution < 1.29 is 14.6 Å². The molecular weight excluding hydrogens is 300 g/mol. The maximum absolute atomic E-state index is 10.2. The van der Waals surface area contributed by atoms with Crippen LogP contribution < -0.4 is 9.47 Å². The Kier molecular flexibility index (Phi) is 5.29. The Bertz CT molecular complexity index is 676. The molecule has 128 valence electrons. The van der Waals surface area contributed by atoms with Crippen LogP contribution in [0.2, 0.25) is 0 Å². The number of aryl methyl sites for hydroxylation is 1. The van der Waals surface area contributed by atoms with Crippen LogP contribution in [-0.4, -0.2) is 18.3 Å². The molecule has 3 rings (SSSR count). The molecule has 1 N–H and O–H groups in total. The molecule has 1 unspecified atom stereocenters. The van der Waals surface area contributed by atoms with E-state index >= 15 is 0 Å². The molecule has 0 aliphatic heterocycles. The van der Waals surface area contributed by atoms with Gasteiger partial charge in [0.25, 0.3) is 0 Å². The SMILES string of the molecule is CCOc1ccc(C2CCCCc3cc2c(OCC)cc3O)cc1. The fourth-order valence-corrected chi connectivity index (χ4v) is 3.51. The summed E-state index contributed by atoms with van der Waals surface area (Å²) in [5.74, 6) is 2.36. The van der Waals surface area contributed by atoms with E-state index in [1.807, 2.05) is 26.0 Å². The van der Waals surface area contributed by atoms with E-state index in [0.717, 1.165) is 42.7 Å². The third-order valence-electron chi connectivity index (χ3n) is 4.67. The van der Waals surface area contributed by atoms with Crippen LogP contribution in [-0.2, 0) is 6.42 Å². The normalized spacial score (nSPS) is 17.0. The van der Waals surface area contributed by atoms with Gasteiger partial charge in [0.1, 0.15) is 17.2 Å². The molecule has 3 nitrogen and oxygen atoms in total. The van der Waals surface area contributed by atoms with Gasteiger partial charge in [-0.3, -0.25) is 0 Å². The van der Waals surface area contributed by atoms with Gasteiger partial charge in [-0.15, -0.1) is 0 Å². The summed E-state index contributed by atoms with van der Waals surface area (Å²) in [6.07, 6.45) is 4.28. The average Bonchev–Trinajstić information content (AvgIpc) is 2.56. The molecule has 0 saturated carbocycles. The van der Waals surface area contributed by atoms with Gasteiger partial charge < -0.3 is 14.6 Å². The molecule has 1 aliphatic rings. The van der Waals surface area contributed by atoms with Crippen LogP contribution in [0.5, 0.6) is 17.2 Å². The highest BCUT2D eigenvalue weighted by molar-refractivity contribution is 5.51. The maximum Gasteiger partial charge on any atom is 0.126 e. The van der Waals surface area contributed by atoms with Crippen LogP contribution in [0.15, 0.2) is 36.4 Å². The minimum absolute atomic E-state index is 0.293. The molecule has 3 heteroatoms. The number of hydrogen-bond donors (Lipinski definition) is 1. The predicted octanol–water partition coefficient (Wildman–Crippen LogP) is 5.05. The highest BCUT2D eigenvalue weighted by Crippen LogP contribution is 2.41. The third-order valence-corrected chi connectivity index (χ3v) is 4.67. The zero-order valence-corrected chi connectivity index (χ0v) is 14.5. The van der Waals surface area contributed by atoms with Gasteiger partial charge in [-0.05, 0) is 62.4 Å². The van der Waals surface area contributed by atoms with Crippen molar-refractivity contribution in [2.75, 3.05) is 13.2 Å². The second-order valence-electron chi connectivity index (χ2n) is 6.25. The first kappa shape index (κ1) is 16.7. The summed E-state index contributed by atoms with van der Waals surface area (Å²) < 4.78 is 11.4. The Morgan fingerprint density at radius 2 is 1.75 bits per heavy atom. The summed E-state index contributed by atoms with van der Waals surface area (Å²) in [5, 5.41) is 10.2. The van der Waals surface area contributed by atoms with Gasteiger partial charge in [-0.2, -0.15) is 0 Å². The van der Waals surface area contributed by atoms with Crippen LogP contribution in [0.25, 0.3) is 0 Å². The van der Waals surface area contributed by atoms with Crippen LogP contribution in [0.4, 0.5) is 0 Å². The zero-order chi connectivity index (χ0) is 16.9. The highest BCUT2D eigenvalue weighted by Gasteiger charge is 2.22. The summed E-state index contributed by atoms with van der Waals surface area (Å²) >= 11 is 0. The zero-order valence-electron chi connectivity index (χ0n) is 14.5. The van der Waals surface area contributed by atoms with Crippen molar-refractivity contribution in [3.63, 3.8) is 0 Å². The minimum atomic E-state index is 0.293. The summed E-state index contributed by atoms with van der Waals surface area (Å²) in [5.41, 5.74) is 3.50. The van der Waals surface area contributed by atoms with Crippen molar-refractivity contribution in [2.24, 2.45) is 0 Å². The van der Waals surface area contributed by atoms with E-state index in [1.165, 1.54) is 11.1 Å². The van der Waals surface area contributed by atoms with Crippen LogP contribution in [0, 0.1) is 0 Å². The number of aromatic hydroxyl groups is 1. The Morgan fingerprint density at radius 1 is 1.00 bits per heavy atom. The van der Waals surface area contributed by atoms with E-state index in [9.17, 15) is 5.11 Å². The Hall–Kier alpha value is -2.16. The number of hydrogen-bond acceptors (Lipinski definition) is 3. The molecule has 0 spiro atoms. The molecule has 0 heterocycles. The Morgan fingerprint density at radius 3 is 2.46 bits per heavy atom. The van der Waals surface area contributed by atoms with Gasteiger partial charge in [0, 0.05) is 17.5 Å². The summed E-state index contributed by atoms with van der Waals surface area (Å²) in [4.78, 5) is 0. The molecule has 0 radical (unpaired) electrons. The molecule has 1 aliphatic carbocycles. The molecule has 2 aromatic carbocycles. The average molecular weight is 326 g/mol. The summed E-state index contributed by atoms with van der Waals surface area (Å²) in [6.45, 7) is 5.25. The molecule has 2 aromatic rings. The predicted molar refractivity (Wildman–Crippen MR) is 96.3 cm³/mol. The first-order valence-corrected chi connectivity index (χ1v) is 8.94. The van der Waals surface area contributed by atoms with Gasteiger partial charge in [-0.25, -0.2) is 0 Å². The quantitative estimate of drug-likeness (QED) is 0.836. The second kappa shape index (κ2) is 7.61. The van der Waals surface area contributed by atoms with Crippen molar-refractivity contribution in [2.45, 2.75) is 45.4 Å². The topological polar surface area (TPSA) is 38.7 Å². The van der Waals surface area contributed by atoms with Crippen molar-refractivity contribution in [3.05, 3.63) is 53.1 Å². The van der Waals surface area contributed by atoms with E-state index < -0.39 is 0 Å². The lowest BCUT2D eigenvalue weighted by molar-refractivity contribution is 0.330. The number of benzene rings is 2. The molecule has 0 amide bonds. The second-order valence-corrected chi connectivity index (χ2v) is 6.25. The van der Waals surface area contributed by atoms with E-state index in [2.05, 4.69) is 18.2 Å². The molecule has 0 fully saturated rings. The van der Waals surface area contributed by atoms with Crippen LogP contribution in [0.1, 0.15) is 55.7 Å². The largest absolute Gasteiger partial charge is 0.508 e. The van der Waals surface area contributed by atoms with E-state index in [0.29, 0.717) is 24.9 Å². The van der Waals surface area contributed by atoms with Gasteiger partial charge in [0.15, 0.2) is 0 Å². The lowest BCUT2D eigenvalue weighted by Gasteiger charge is -2.25. The molecule has 1 atom stereocenters. The maximum atomic E-state index is 10.2. The van der Waals surface area contributed by atoms with Gasteiger partial charge in [-0.1, -0.05) is 18.6 Å². The van der Waals surface area contributed by atoms with Gasteiger partial charge in [0.05, 0.1) is 13.2 Å². The first-order chi connectivity index (χ1) is 11.7. The number of fused-ring (bicyclic) bond motifs is 2. The summed E-state index contributed by atoms with van der Waals surface area (Å²) in [7, 11) is 0. The smallest absolute Gasteiger partial charge is 0.126 e. The minimum Gasteiger partial charge on any atom is -0.508 e. The highest BCUT2D eigenvalue weighted by atomic mass is 16.5. The number of phenolic OH excluding ortho intramolecular Hbond substituents is 1. The fraction of sp³-hybridized carbons (Fsp3) is 0.429. The Labute approximate surface area is 144 Å². The molecular formula is C21H26O3. The van der Waals surface area contributed by atoms with Crippen LogP contribution in [0.3, 0.4) is 0 Å². The monoisotopic (exact) mass is 326 g/mol. The fourth-order valence-electron chi connectivity index (χ4n) is 3.51. The number of phenols is 1. The van der Waals surface area contributed by atoms with Crippen molar-refractivity contribution >= 4 is 0 Å². The van der Waals surface area contributed by atoms with E-state index in [4.69, 9.17) is 9.47 Å².